The third-order valence-corrected chi connectivity index (χ3v) is 3.36. The zero-order valence-corrected chi connectivity index (χ0v) is 9.94. The molecule has 1 aromatic carbocycles. The second kappa shape index (κ2) is 5.54. The van der Waals surface area contributed by atoms with Crippen molar-refractivity contribution in [2.75, 3.05) is 25.9 Å². The van der Waals surface area contributed by atoms with Crippen molar-refractivity contribution in [1.82, 2.24) is 10.6 Å². The Labute approximate surface area is 95.8 Å². The Morgan fingerprint density at radius 1 is 1.27 bits per heavy atom. The predicted octanol–water partition coefficient (Wildman–Crippen LogP) is 1.78. The van der Waals surface area contributed by atoms with Crippen LogP contribution in [0.2, 0.25) is 0 Å². The first kappa shape index (κ1) is 11.0. The van der Waals surface area contributed by atoms with E-state index in [2.05, 4.69) is 41.2 Å². The molecule has 0 spiro atoms. The molecular formula is C12H18N2S. The highest BCUT2D eigenvalue weighted by Gasteiger charge is 2.13. The molecule has 82 valence electrons. The molecule has 1 saturated heterocycles. The van der Waals surface area contributed by atoms with E-state index in [1.165, 1.54) is 11.1 Å². The zero-order chi connectivity index (χ0) is 10.5. The molecule has 0 saturated carbocycles. The molecule has 2 nitrogen and oxygen atoms in total. The number of rotatable bonds is 3. The van der Waals surface area contributed by atoms with Gasteiger partial charge in [-0.05, 0) is 17.4 Å². The van der Waals surface area contributed by atoms with Crippen molar-refractivity contribution in [2.24, 2.45) is 0 Å². The summed E-state index contributed by atoms with van der Waals surface area (Å²) < 4.78 is 0. The second-order valence-corrected chi connectivity index (χ2v) is 4.75. The average Bonchev–Trinajstić information content (AvgIpc) is 2.32. The Bertz CT molecular complexity index is 291. The van der Waals surface area contributed by atoms with Crippen LogP contribution in [0.25, 0.3) is 0 Å². The maximum Gasteiger partial charge on any atom is 0.0447 e. The van der Waals surface area contributed by atoms with E-state index in [0.29, 0.717) is 6.04 Å². The summed E-state index contributed by atoms with van der Waals surface area (Å²) >= 11 is 1.87. The SMILES string of the molecule is CSCc1ccc(C2CNCCN2)cc1. The van der Waals surface area contributed by atoms with Gasteiger partial charge in [0.2, 0.25) is 0 Å². The minimum Gasteiger partial charge on any atom is -0.314 e. The van der Waals surface area contributed by atoms with Gasteiger partial charge in [-0.15, -0.1) is 0 Å². The maximum absolute atomic E-state index is 3.52. The van der Waals surface area contributed by atoms with Gasteiger partial charge in [0.05, 0.1) is 0 Å². The normalized spacial score (nSPS) is 21.5. The van der Waals surface area contributed by atoms with E-state index in [4.69, 9.17) is 0 Å². The van der Waals surface area contributed by atoms with Crippen LogP contribution in [0, 0.1) is 0 Å². The first-order chi connectivity index (χ1) is 7.40. The van der Waals surface area contributed by atoms with Gasteiger partial charge in [-0.3, -0.25) is 0 Å². The molecule has 15 heavy (non-hydrogen) atoms. The lowest BCUT2D eigenvalue weighted by molar-refractivity contribution is 0.430. The summed E-state index contributed by atoms with van der Waals surface area (Å²) in [5.41, 5.74) is 2.81. The fraction of sp³-hybridized carbons (Fsp3) is 0.500. The van der Waals surface area contributed by atoms with Gasteiger partial charge in [-0.1, -0.05) is 24.3 Å². The quantitative estimate of drug-likeness (QED) is 0.815. The molecule has 0 aromatic heterocycles. The summed E-state index contributed by atoms with van der Waals surface area (Å²) in [5.74, 6) is 1.11. The Morgan fingerprint density at radius 2 is 2.07 bits per heavy atom. The molecule has 0 radical (unpaired) electrons. The van der Waals surface area contributed by atoms with Gasteiger partial charge in [-0.25, -0.2) is 0 Å². The molecule has 2 N–H and O–H groups in total. The van der Waals surface area contributed by atoms with Crippen molar-refractivity contribution in [3.05, 3.63) is 35.4 Å². The van der Waals surface area contributed by atoms with Gasteiger partial charge in [-0.2, -0.15) is 11.8 Å². The van der Waals surface area contributed by atoms with Gasteiger partial charge in [0.1, 0.15) is 0 Å². The number of piperazine rings is 1. The zero-order valence-electron chi connectivity index (χ0n) is 9.12. The van der Waals surface area contributed by atoms with Gasteiger partial charge < -0.3 is 10.6 Å². The van der Waals surface area contributed by atoms with Crippen LogP contribution in [-0.2, 0) is 5.75 Å². The number of nitrogens with one attached hydrogen (secondary N) is 2. The van der Waals surface area contributed by atoms with Crippen molar-refractivity contribution in [3.8, 4) is 0 Å². The fourth-order valence-corrected chi connectivity index (χ4v) is 2.43. The van der Waals surface area contributed by atoms with Crippen LogP contribution in [0.5, 0.6) is 0 Å². The van der Waals surface area contributed by atoms with E-state index in [1.54, 1.807) is 0 Å². The van der Waals surface area contributed by atoms with Crippen LogP contribution >= 0.6 is 11.8 Å². The van der Waals surface area contributed by atoms with E-state index in [1.807, 2.05) is 11.8 Å². The van der Waals surface area contributed by atoms with Gasteiger partial charge in [0.25, 0.3) is 0 Å². The first-order valence-electron chi connectivity index (χ1n) is 5.42. The predicted molar refractivity (Wildman–Crippen MR) is 67.3 cm³/mol. The highest BCUT2D eigenvalue weighted by Crippen LogP contribution is 2.16. The van der Waals surface area contributed by atoms with Crippen LogP contribution < -0.4 is 10.6 Å². The first-order valence-corrected chi connectivity index (χ1v) is 6.81. The molecular weight excluding hydrogens is 204 g/mol. The smallest absolute Gasteiger partial charge is 0.0447 e. The fourth-order valence-electron chi connectivity index (χ4n) is 1.90. The summed E-state index contributed by atoms with van der Waals surface area (Å²) in [4.78, 5) is 0. The highest BCUT2D eigenvalue weighted by molar-refractivity contribution is 7.97. The van der Waals surface area contributed by atoms with Crippen LogP contribution in [0.3, 0.4) is 0 Å². The molecule has 1 heterocycles. The lowest BCUT2D eigenvalue weighted by atomic mass is 10.0. The Morgan fingerprint density at radius 3 is 2.67 bits per heavy atom. The molecule has 1 unspecified atom stereocenters. The number of benzene rings is 1. The minimum atomic E-state index is 0.488. The summed E-state index contributed by atoms with van der Waals surface area (Å²) in [6.07, 6.45) is 2.14. The molecule has 1 aliphatic heterocycles. The van der Waals surface area contributed by atoms with Gasteiger partial charge in [0.15, 0.2) is 0 Å². The van der Waals surface area contributed by atoms with Crippen molar-refractivity contribution >= 4 is 11.8 Å². The van der Waals surface area contributed by atoms with Crippen molar-refractivity contribution in [2.45, 2.75) is 11.8 Å². The minimum absolute atomic E-state index is 0.488. The molecule has 0 bridgehead atoms. The van der Waals surface area contributed by atoms with Crippen molar-refractivity contribution in [3.63, 3.8) is 0 Å². The molecule has 0 aliphatic carbocycles. The third-order valence-electron chi connectivity index (χ3n) is 2.73. The van der Waals surface area contributed by atoms with Crippen LogP contribution in [0.4, 0.5) is 0 Å². The topological polar surface area (TPSA) is 24.1 Å². The Balaban J connectivity index is 2.02. The summed E-state index contributed by atoms with van der Waals surface area (Å²) in [5, 5.41) is 6.93. The van der Waals surface area contributed by atoms with Crippen molar-refractivity contribution < 1.29 is 0 Å². The van der Waals surface area contributed by atoms with E-state index < -0.39 is 0 Å². The molecule has 1 atom stereocenters. The molecule has 0 amide bonds. The molecule has 1 aliphatic rings. The largest absolute Gasteiger partial charge is 0.314 e. The lowest BCUT2D eigenvalue weighted by Gasteiger charge is -2.24. The second-order valence-electron chi connectivity index (χ2n) is 3.89. The van der Waals surface area contributed by atoms with Gasteiger partial charge in [0, 0.05) is 31.4 Å². The lowest BCUT2D eigenvalue weighted by Crippen LogP contribution is -2.42. The average molecular weight is 222 g/mol. The Hall–Kier alpha value is -0.510. The molecule has 2 rings (SSSR count). The monoisotopic (exact) mass is 222 g/mol. The third kappa shape index (κ3) is 2.97. The standard InChI is InChI=1S/C12H18N2S/c1-15-9-10-2-4-11(5-3-10)12-8-13-6-7-14-12/h2-5,12-14H,6-9H2,1H3. The highest BCUT2D eigenvalue weighted by atomic mass is 32.2. The van der Waals surface area contributed by atoms with E-state index >= 15 is 0 Å². The molecule has 3 heteroatoms. The Kier molecular flexibility index (Phi) is 4.06. The van der Waals surface area contributed by atoms with Crippen LogP contribution in [-0.4, -0.2) is 25.9 Å². The van der Waals surface area contributed by atoms with Gasteiger partial charge >= 0.3 is 0 Å². The van der Waals surface area contributed by atoms with Crippen LogP contribution in [0.15, 0.2) is 24.3 Å². The summed E-state index contributed by atoms with van der Waals surface area (Å²) in [6, 6.07) is 9.46. The van der Waals surface area contributed by atoms with Crippen LogP contribution in [0.1, 0.15) is 17.2 Å². The van der Waals surface area contributed by atoms with E-state index in [0.717, 1.165) is 25.4 Å². The van der Waals surface area contributed by atoms with Crippen molar-refractivity contribution in [1.29, 1.82) is 0 Å². The number of thioether (sulfide) groups is 1. The summed E-state index contributed by atoms with van der Waals surface area (Å²) in [6.45, 7) is 3.19. The van der Waals surface area contributed by atoms with E-state index in [9.17, 15) is 0 Å². The maximum atomic E-state index is 3.52. The van der Waals surface area contributed by atoms with E-state index in [-0.39, 0.29) is 0 Å². The molecule has 1 fully saturated rings. The number of hydrogen-bond donors (Lipinski definition) is 2. The number of hydrogen-bond acceptors (Lipinski definition) is 3. The summed E-state index contributed by atoms with van der Waals surface area (Å²) in [7, 11) is 0. The molecule has 1 aromatic rings.